The summed E-state index contributed by atoms with van der Waals surface area (Å²) < 4.78 is 5.41. The Kier molecular flexibility index (Phi) is 4.65. The van der Waals surface area contributed by atoms with Crippen LogP contribution in [0.15, 0.2) is 0 Å². The normalized spacial score (nSPS) is 31.9. The molecule has 2 atom stereocenters. The molecule has 130 valence electrons. The minimum atomic E-state index is -0.767. The number of hydrogen-bond donors (Lipinski definition) is 3. The molecule has 6 nitrogen and oxygen atoms in total. The average molecular weight is 324 g/mol. The molecule has 0 aromatic carbocycles. The van der Waals surface area contributed by atoms with E-state index in [0.29, 0.717) is 32.5 Å². The number of aliphatic hydroxyl groups excluding tert-OH is 1. The van der Waals surface area contributed by atoms with Gasteiger partial charge in [-0.3, -0.25) is 9.59 Å². The zero-order valence-electron chi connectivity index (χ0n) is 13.9. The van der Waals surface area contributed by atoms with E-state index in [1.165, 1.54) is 6.92 Å². The van der Waals surface area contributed by atoms with Crippen LogP contribution in [0, 0.1) is 5.41 Å². The van der Waals surface area contributed by atoms with Crippen LogP contribution in [0.5, 0.6) is 0 Å². The fourth-order valence-corrected chi connectivity index (χ4v) is 4.60. The number of ether oxygens (including phenoxy) is 1. The Labute approximate surface area is 137 Å². The van der Waals surface area contributed by atoms with E-state index in [4.69, 9.17) is 4.74 Å². The molecule has 1 spiro atoms. The highest BCUT2D eigenvalue weighted by Gasteiger charge is 2.56. The maximum absolute atomic E-state index is 13.0. The number of nitrogens with one attached hydrogen (secondary N) is 2. The van der Waals surface area contributed by atoms with Crippen molar-refractivity contribution in [1.82, 2.24) is 10.6 Å². The van der Waals surface area contributed by atoms with Gasteiger partial charge in [0, 0.05) is 31.6 Å². The molecule has 0 aromatic rings. The second-order valence-corrected chi connectivity index (χ2v) is 7.45. The van der Waals surface area contributed by atoms with Crippen molar-refractivity contribution >= 4 is 11.8 Å². The third-order valence-corrected chi connectivity index (χ3v) is 6.10. The smallest absolute Gasteiger partial charge is 0.245 e. The van der Waals surface area contributed by atoms with Gasteiger partial charge in [-0.15, -0.1) is 0 Å². The van der Waals surface area contributed by atoms with Crippen molar-refractivity contribution in [2.75, 3.05) is 13.2 Å². The van der Waals surface area contributed by atoms with Crippen LogP contribution < -0.4 is 10.6 Å². The van der Waals surface area contributed by atoms with Crippen LogP contribution in [0.1, 0.15) is 58.3 Å². The average Bonchev–Trinajstić information content (AvgIpc) is 2.55. The Morgan fingerprint density at radius 2 is 1.74 bits per heavy atom. The SMILES string of the molecule is CC(=O)NC1(C(=O)N[C@@H]2C[C@@H](O)C23CCOCC3)CCCCC1. The van der Waals surface area contributed by atoms with Crippen molar-refractivity contribution in [2.45, 2.75) is 76.0 Å². The summed E-state index contributed by atoms with van der Waals surface area (Å²) in [5.41, 5.74) is -1.00. The van der Waals surface area contributed by atoms with Gasteiger partial charge in [0.1, 0.15) is 5.54 Å². The topological polar surface area (TPSA) is 87.7 Å². The maximum Gasteiger partial charge on any atom is 0.245 e. The van der Waals surface area contributed by atoms with E-state index in [-0.39, 0.29) is 29.4 Å². The molecule has 3 fully saturated rings. The highest BCUT2D eigenvalue weighted by molar-refractivity contribution is 5.91. The molecule has 0 bridgehead atoms. The van der Waals surface area contributed by atoms with Crippen molar-refractivity contribution in [3.05, 3.63) is 0 Å². The first-order valence-electron chi connectivity index (χ1n) is 8.84. The predicted molar refractivity (Wildman–Crippen MR) is 84.7 cm³/mol. The van der Waals surface area contributed by atoms with Crippen molar-refractivity contribution in [3.63, 3.8) is 0 Å². The summed E-state index contributed by atoms with van der Waals surface area (Å²) in [6, 6.07) is -0.0125. The molecule has 2 amide bonds. The van der Waals surface area contributed by atoms with Crippen LogP contribution in [0.4, 0.5) is 0 Å². The molecular weight excluding hydrogens is 296 g/mol. The third-order valence-electron chi connectivity index (χ3n) is 6.10. The van der Waals surface area contributed by atoms with Gasteiger partial charge >= 0.3 is 0 Å². The monoisotopic (exact) mass is 324 g/mol. The Morgan fingerprint density at radius 1 is 1.09 bits per heavy atom. The zero-order chi connectivity index (χ0) is 16.5. The van der Waals surface area contributed by atoms with Crippen LogP contribution in [-0.4, -0.2) is 47.8 Å². The maximum atomic E-state index is 13.0. The van der Waals surface area contributed by atoms with Crippen molar-refractivity contribution < 1.29 is 19.4 Å². The van der Waals surface area contributed by atoms with Gasteiger partial charge < -0.3 is 20.5 Å². The first-order valence-corrected chi connectivity index (χ1v) is 8.84. The summed E-state index contributed by atoms with van der Waals surface area (Å²) in [6.07, 6.45) is 6.23. The molecule has 3 N–H and O–H groups in total. The quantitative estimate of drug-likeness (QED) is 0.719. The van der Waals surface area contributed by atoms with E-state index in [1.54, 1.807) is 0 Å². The third kappa shape index (κ3) is 2.98. The largest absolute Gasteiger partial charge is 0.392 e. The summed E-state index contributed by atoms with van der Waals surface area (Å²) >= 11 is 0. The Balaban J connectivity index is 1.70. The van der Waals surface area contributed by atoms with Gasteiger partial charge in [0.2, 0.25) is 11.8 Å². The van der Waals surface area contributed by atoms with Crippen molar-refractivity contribution in [3.8, 4) is 0 Å². The van der Waals surface area contributed by atoms with E-state index in [9.17, 15) is 14.7 Å². The summed E-state index contributed by atoms with van der Waals surface area (Å²) in [4.78, 5) is 24.5. The summed E-state index contributed by atoms with van der Waals surface area (Å²) in [5.74, 6) is -0.230. The van der Waals surface area contributed by atoms with E-state index in [0.717, 1.165) is 32.1 Å². The van der Waals surface area contributed by atoms with Gasteiger partial charge in [0.05, 0.1) is 6.10 Å². The van der Waals surface area contributed by atoms with Crippen LogP contribution in [-0.2, 0) is 14.3 Å². The molecule has 0 radical (unpaired) electrons. The first-order chi connectivity index (χ1) is 11.0. The fourth-order valence-electron chi connectivity index (χ4n) is 4.60. The molecule has 0 aromatic heterocycles. The fraction of sp³-hybridized carbons (Fsp3) is 0.882. The summed E-state index contributed by atoms with van der Waals surface area (Å²) in [7, 11) is 0. The van der Waals surface area contributed by atoms with Gasteiger partial charge in [0.15, 0.2) is 0 Å². The van der Waals surface area contributed by atoms with E-state index in [2.05, 4.69) is 10.6 Å². The number of hydrogen-bond acceptors (Lipinski definition) is 4. The van der Waals surface area contributed by atoms with E-state index in [1.807, 2.05) is 0 Å². The van der Waals surface area contributed by atoms with Gasteiger partial charge in [-0.1, -0.05) is 19.3 Å². The zero-order valence-corrected chi connectivity index (χ0v) is 13.9. The van der Waals surface area contributed by atoms with E-state index < -0.39 is 5.54 Å². The lowest BCUT2D eigenvalue weighted by Gasteiger charge is -2.56. The number of carbonyl (C=O) groups is 2. The first kappa shape index (κ1) is 16.7. The van der Waals surface area contributed by atoms with Crippen molar-refractivity contribution in [1.29, 1.82) is 0 Å². The molecular formula is C17H28N2O4. The molecule has 1 aliphatic heterocycles. The Bertz CT molecular complexity index is 467. The summed E-state index contributed by atoms with van der Waals surface area (Å²) in [6.45, 7) is 2.75. The van der Waals surface area contributed by atoms with Crippen molar-refractivity contribution in [2.24, 2.45) is 5.41 Å². The molecule has 1 heterocycles. The van der Waals surface area contributed by atoms with Crippen LogP contribution in [0.2, 0.25) is 0 Å². The van der Waals surface area contributed by atoms with Gasteiger partial charge in [-0.25, -0.2) is 0 Å². The second kappa shape index (κ2) is 6.40. The number of amides is 2. The van der Waals surface area contributed by atoms with Crippen LogP contribution >= 0.6 is 0 Å². The molecule has 2 aliphatic carbocycles. The molecule has 3 aliphatic rings. The number of aliphatic hydroxyl groups is 1. The molecule has 0 unspecified atom stereocenters. The Hall–Kier alpha value is -1.14. The van der Waals surface area contributed by atoms with Crippen LogP contribution in [0.3, 0.4) is 0 Å². The number of carbonyl (C=O) groups excluding carboxylic acids is 2. The molecule has 6 heteroatoms. The predicted octanol–water partition coefficient (Wildman–Crippen LogP) is 0.872. The standard InChI is InChI=1S/C17H28N2O4/c1-12(20)19-17(5-3-2-4-6-17)15(22)18-13-11-14(21)16(13)7-9-23-10-8-16/h13-14,21H,2-11H2,1H3,(H,18,22)(H,19,20)/t13-,14-/m1/s1. The molecule has 3 rings (SSSR count). The van der Waals surface area contributed by atoms with Gasteiger partial charge in [-0.05, 0) is 32.1 Å². The molecule has 2 saturated carbocycles. The van der Waals surface area contributed by atoms with Gasteiger partial charge in [0.25, 0.3) is 0 Å². The summed E-state index contributed by atoms with van der Waals surface area (Å²) in [5, 5.41) is 16.3. The molecule has 1 saturated heterocycles. The minimum absolute atomic E-state index is 0.0125. The second-order valence-electron chi connectivity index (χ2n) is 7.45. The lowest BCUT2D eigenvalue weighted by molar-refractivity contribution is -0.160. The minimum Gasteiger partial charge on any atom is -0.392 e. The van der Waals surface area contributed by atoms with E-state index >= 15 is 0 Å². The highest BCUT2D eigenvalue weighted by Crippen LogP contribution is 2.49. The lowest BCUT2D eigenvalue weighted by Crippen LogP contribution is -2.69. The van der Waals surface area contributed by atoms with Crippen LogP contribution in [0.25, 0.3) is 0 Å². The highest BCUT2D eigenvalue weighted by atomic mass is 16.5. The Morgan fingerprint density at radius 3 is 2.30 bits per heavy atom. The lowest BCUT2D eigenvalue weighted by atomic mass is 9.57. The molecule has 23 heavy (non-hydrogen) atoms. The van der Waals surface area contributed by atoms with Gasteiger partial charge in [-0.2, -0.15) is 0 Å². The number of rotatable bonds is 3.